The van der Waals surface area contributed by atoms with Crippen LogP contribution in [0.1, 0.15) is 17.3 Å². The maximum atomic E-state index is 12.3. The van der Waals surface area contributed by atoms with Crippen LogP contribution in [0.2, 0.25) is 5.02 Å². The van der Waals surface area contributed by atoms with Crippen LogP contribution in [0, 0.1) is 0 Å². The number of benzene rings is 1. The molecule has 1 aliphatic heterocycles. The zero-order chi connectivity index (χ0) is 12.4. The van der Waals surface area contributed by atoms with Crippen LogP contribution in [0.5, 0.6) is 5.75 Å². The second kappa shape index (κ2) is 4.94. The molecular weight excluding hydrogens is 240 g/mol. The summed E-state index contributed by atoms with van der Waals surface area (Å²) in [5.41, 5.74) is 0.270. The molecule has 0 aromatic heterocycles. The first-order chi connectivity index (χ1) is 8.13. The largest absolute Gasteiger partial charge is 0.507 e. The molecule has 1 fully saturated rings. The molecule has 17 heavy (non-hydrogen) atoms. The molecule has 0 radical (unpaired) electrons. The third-order valence-corrected chi connectivity index (χ3v) is 3.23. The standard InChI is InChI=1S/C12H15ClN2O2/c1-2-15(9-6-14-7-9)12(17)10-5-8(13)3-4-11(10)16/h3-5,9,14,16H,2,6-7H2,1H3. The van der Waals surface area contributed by atoms with Gasteiger partial charge in [0.25, 0.3) is 5.91 Å². The fourth-order valence-electron chi connectivity index (χ4n) is 1.90. The summed E-state index contributed by atoms with van der Waals surface area (Å²) in [6, 6.07) is 4.73. The highest BCUT2D eigenvalue weighted by Crippen LogP contribution is 2.24. The van der Waals surface area contributed by atoms with Crippen molar-refractivity contribution in [1.29, 1.82) is 0 Å². The molecule has 4 nitrogen and oxygen atoms in total. The molecule has 0 spiro atoms. The molecule has 1 saturated heterocycles. The molecule has 1 aromatic rings. The number of aromatic hydroxyl groups is 1. The number of carbonyl (C=O) groups excluding carboxylic acids is 1. The second-order valence-corrected chi connectivity index (χ2v) is 4.50. The van der Waals surface area contributed by atoms with E-state index in [1.807, 2.05) is 6.92 Å². The van der Waals surface area contributed by atoms with Crippen molar-refractivity contribution >= 4 is 17.5 Å². The Kier molecular flexibility index (Phi) is 3.54. The van der Waals surface area contributed by atoms with Crippen LogP contribution in [0.25, 0.3) is 0 Å². The Morgan fingerprint density at radius 1 is 1.59 bits per heavy atom. The van der Waals surface area contributed by atoms with E-state index in [2.05, 4.69) is 5.32 Å². The summed E-state index contributed by atoms with van der Waals surface area (Å²) in [7, 11) is 0. The van der Waals surface area contributed by atoms with Gasteiger partial charge in [0.1, 0.15) is 5.75 Å². The Bertz CT molecular complexity index is 433. The SMILES string of the molecule is CCN(C(=O)c1cc(Cl)ccc1O)C1CNC1. The average molecular weight is 255 g/mol. The Labute approximate surface area is 105 Å². The van der Waals surface area contributed by atoms with Crippen LogP contribution in [-0.2, 0) is 0 Å². The van der Waals surface area contributed by atoms with E-state index in [0.29, 0.717) is 11.6 Å². The molecule has 1 amide bonds. The fourth-order valence-corrected chi connectivity index (χ4v) is 2.07. The number of rotatable bonds is 3. The number of phenols is 1. The van der Waals surface area contributed by atoms with Crippen molar-refractivity contribution in [3.05, 3.63) is 28.8 Å². The molecule has 1 aliphatic rings. The van der Waals surface area contributed by atoms with Gasteiger partial charge in [0.15, 0.2) is 0 Å². The topological polar surface area (TPSA) is 52.6 Å². The van der Waals surface area contributed by atoms with Crippen LogP contribution in [0.3, 0.4) is 0 Å². The third-order valence-electron chi connectivity index (χ3n) is 2.99. The van der Waals surface area contributed by atoms with Gasteiger partial charge >= 0.3 is 0 Å². The van der Waals surface area contributed by atoms with Crippen molar-refractivity contribution in [2.75, 3.05) is 19.6 Å². The number of hydrogen-bond donors (Lipinski definition) is 2. The van der Waals surface area contributed by atoms with Gasteiger partial charge in [-0.3, -0.25) is 4.79 Å². The number of hydrogen-bond acceptors (Lipinski definition) is 3. The predicted molar refractivity (Wildman–Crippen MR) is 66.5 cm³/mol. The van der Waals surface area contributed by atoms with Gasteiger partial charge in [-0.2, -0.15) is 0 Å². The van der Waals surface area contributed by atoms with Crippen molar-refractivity contribution in [2.45, 2.75) is 13.0 Å². The van der Waals surface area contributed by atoms with Crippen molar-refractivity contribution < 1.29 is 9.90 Å². The van der Waals surface area contributed by atoms with Crippen LogP contribution in [0.4, 0.5) is 0 Å². The first-order valence-corrected chi connectivity index (χ1v) is 6.01. The summed E-state index contributed by atoms with van der Waals surface area (Å²) in [5, 5.41) is 13.3. The van der Waals surface area contributed by atoms with Crippen molar-refractivity contribution in [1.82, 2.24) is 10.2 Å². The first-order valence-electron chi connectivity index (χ1n) is 5.63. The molecule has 0 saturated carbocycles. The molecule has 1 heterocycles. The van der Waals surface area contributed by atoms with E-state index in [9.17, 15) is 9.90 Å². The lowest BCUT2D eigenvalue weighted by atomic mass is 10.1. The summed E-state index contributed by atoms with van der Waals surface area (Å²) in [4.78, 5) is 14.0. The molecule has 0 unspecified atom stereocenters. The van der Waals surface area contributed by atoms with E-state index < -0.39 is 0 Å². The van der Waals surface area contributed by atoms with Crippen LogP contribution in [-0.4, -0.2) is 41.6 Å². The summed E-state index contributed by atoms with van der Waals surface area (Å²) in [6.07, 6.45) is 0. The fraction of sp³-hybridized carbons (Fsp3) is 0.417. The maximum Gasteiger partial charge on any atom is 0.257 e. The Balaban J connectivity index is 2.25. The van der Waals surface area contributed by atoms with Gasteiger partial charge in [-0.05, 0) is 25.1 Å². The number of nitrogens with zero attached hydrogens (tertiary/aromatic N) is 1. The quantitative estimate of drug-likeness (QED) is 0.859. The van der Waals surface area contributed by atoms with Gasteiger partial charge in [-0.25, -0.2) is 0 Å². The molecule has 2 rings (SSSR count). The minimum Gasteiger partial charge on any atom is -0.507 e. The summed E-state index contributed by atoms with van der Waals surface area (Å²) in [5.74, 6) is -0.191. The van der Waals surface area contributed by atoms with Gasteiger partial charge in [-0.1, -0.05) is 11.6 Å². The molecule has 0 atom stereocenters. The minimum atomic E-state index is -0.168. The van der Waals surface area contributed by atoms with E-state index in [4.69, 9.17) is 11.6 Å². The number of nitrogens with one attached hydrogen (secondary N) is 1. The molecule has 5 heteroatoms. The Hall–Kier alpha value is -1.26. The number of halogens is 1. The smallest absolute Gasteiger partial charge is 0.257 e. The maximum absolute atomic E-state index is 12.3. The van der Waals surface area contributed by atoms with Crippen molar-refractivity contribution in [3.63, 3.8) is 0 Å². The van der Waals surface area contributed by atoms with Crippen molar-refractivity contribution in [3.8, 4) is 5.75 Å². The van der Waals surface area contributed by atoms with E-state index >= 15 is 0 Å². The number of amides is 1. The third kappa shape index (κ3) is 2.37. The molecule has 2 N–H and O–H groups in total. The number of likely N-dealkylation sites (N-methyl/N-ethyl adjacent to an activating group) is 1. The summed E-state index contributed by atoms with van der Waals surface area (Å²) < 4.78 is 0. The lowest BCUT2D eigenvalue weighted by Crippen LogP contribution is -2.58. The lowest BCUT2D eigenvalue weighted by Gasteiger charge is -2.37. The van der Waals surface area contributed by atoms with E-state index in [1.54, 1.807) is 11.0 Å². The number of carbonyl (C=O) groups is 1. The van der Waals surface area contributed by atoms with Crippen LogP contribution < -0.4 is 5.32 Å². The predicted octanol–water partition coefficient (Wildman–Crippen LogP) is 1.48. The second-order valence-electron chi connectivity index (χ2n) is 4.06. The monoisotopic (exact) mass is 254 g/mol. The highest BCUT2D eigenvalue weighted by atomic mass is 35.5. The Morgan fingerprint density at radius 2 is 2.29 bits per heavy atom. The van der Waals surface area contributed by atoms with Crippen LogP contribution in [0.15, 0.2) is 18.2 Å². The highest BCUT2D eigenvalue weighted by molar-refractivity contribution is 6.31. The molecule has 92 valence electrons. The normalized spacial score (nSPS) is 15.4. The van der Waals surface area contributed by atoms with E-state index in [0.717, 1.165) is 13.1 Å². The number of phenolic OH excluding ortho intramolecular Hbond substituents is 1. The highest BCUT2D eigenvalue weighted by Gasteiger charge is 2.29. The Morgan fingerprint density at radius 3 is 2.82 bits per heavy atom. The zero-order valence-corrected chi connectivity index (χ0v) is 10.4. The molecule has 0 bridgehead atoms. The van der Waals surface area contributed by atoms with Gasteiger partial charge in [-0.15, -0.1) is 0 Å². The zero-order valence-electron chi connectivity index (χ0n) is 9.61. The van der Waals surface area contributed by atoms with Crippen LogP contribution >= 0.6 is 11.6 Å². The lowest BCUT2D eigenvalue weighted by molar-refractivity contribution is 0.0627. The van der Waals surface area contributed by atoms with Gasteiger partial charge in [0, 0.05) is 24.7 Å². The van der Waals surface area contributed by atoms with Gasteiger partial charge in [0.2, 0.25) is 0 Å². The summed E-state index contributed by atoms with van der Waals surface area (Å²) in [6.45, 7) is 4.16. The summed E-state index contributed by atoms with van der Waals surface area (Å²) >= 11 is 5.84. The first kappa shape index (κ1) is 12.2. The minimum absolute atomic E-state index is 0.0230. The molecule has 1 aromatic carbocycles. The van der Waals surface area contributed by atoms with Gasteiger partial charge in [0.05, 0.1) is 11.6 Å². The van der Waals surface area contributed by atoms with Crippen molar-refractivity contribution in [2.24, 2.45) is 0 Å². The van der Waals surface area contributed by atoms with E-state index in [-0.39, 0.29) is 23.3 Å². The van der Waals surface area contributed by atoms with Gasteiger partial charge < -0.3 is 15.3 Å². The molecule has 0 aliphatic carbocycles. The average Bonchev–Trinajstić information content (AvgIpc) is 2.25. The van der Waals surface area contributed by atoms with E-state index in [1.165, 1.54) is 12.1 Å². The molecular formula is C12H15ClN2O2.